The predicted octanol–water partition coefficient (Wildman–Crippen LogP) is 16.5. The molecule has 0 radical (unpaired) electrons. The second-order valence-corrected chi connectivity index (χ2v) is 15.3. The van der Waals surface area contributed by atoms with E-state index in [1.165, 1.54) is 55.3 Å². The average Bonchev–Trinajstić information content (AvgIpc) is 3.72. The van der Waals surface area contributed by atoms with Gasteiger partial charge in [-0.3, -0.25) is 0 Å². The van der Waals surface area contributed by atoms with Gasteiger partial charge in [-0.05, 0) is 103 Å². The zero-order valence-electron chi connectivity index (χ0n) is 32.9. The van der Waals surface area contributed by atoms with Crippen molar-refractivity contribution in [2.24, 2.45) is 0 Å². The fraction of sp³-hybridized carbons (Fsp3) is 0. The van der Waals surface area contributed by atoms with Crippen LogP contribution in [0.2, 0.25) is 0 Å². The van der Waals surface area contributed by atoms with Crippen molar-refractivity contribution in [3.05, 3.63) is 237 Å². The summed E-state index contributed by atoms with van der Waals surface area (Å²) in [5.41, 5.74) is 16.9. The number of anilines is 3. The summed E-state index contributed by atoms with van der Waals surface area (Å²) in [7, 11) is 0. The van der Waals surface area contributed by atoms with Crippen molar-refractivity contribution >= 4 is 49.8 Å². The molecule has 1 heterocycles. The molecule has 11 aromatic rings. The molecule has 0 unspecified atom stereocenters. The zero-order valence-corrected chi connectivity index (χ0v) is 32.9. The van der Waals surface area contributed by atoms with Crippen LogP contribution >= 0.6 is 0 Å². The van der Waals surface area contributed by atoms with Crippen LogP contribution in [0.15, 0.2) is 241 Å². The molecule has 0 spiro atoms. The Morgan fingerprint density at radius 1 is 0.250 bits per heavy atom. The van der Waals surface area contributed by atoms with E-state index in [2.05, 4.69) is 229 Å². The highest BCUT2D eigenvalue weighted by Crippen LogP contribution is 2.41. The Morgan fingerprint density at radius 3 is 1.22 bits per heavy atom. The smallest absolute Gasteiger partial charge is 0.143 e. The number of hydrogen-bond acceptors (Lipinski definition) is 2. The maximum Gasteiger partial charge on any atom is 0.143 e. The van der Waals surface area contributed by atoms with Gasteiger partial charge in [0.2, 0.25) is 0 Å². The lowest BCUT2D eigenvalue weighted by molar-refractivity contribution is 0.670. The highest BCUT2D eigenvalue weighted by atomic mass is 16.3. The van der Waals surface area contributed by atoms with Crippen LogP contribution in [0.5, 0.6) is 0 Å². The minimum absolute atomic E-state index is 0.905. The van der Waals surface area contributed by atoms with Crippen LogP contribution in [0, 0.1) is 0 Å². The summed E-state index contributed by atoms with van der Waals surface area (Å²) in [6, 6.07) is 84.8. The minimum Gasteiger partial charge on any atom is -0.455 e. The Bertz CT molecular complexity index is 3250. The van der Waals surface area contributed by atoms with Crippen molar-refractivity contribution < 1.29 is 4.42 Å². The highest BCUT2D eigenvalue weighted by Gasteiger charge is 2.16. The number of nitrogens with zero attached hydrogens (tertiary/aromatic N) is 1. The van der Waals surface area contributed by atoms with Crippen LogP contribution in [0.1, 0.15) is 0 Å². The van der Waals surface area contributed by atoms with Gasteiger partial charge in [0.15, 0.2) is 0 Å². The van der Waals surface area contributed by atoms with Crippen molar-refractivity contribution in [2.75, 3.05) is 4.90 Å². The van der Waals surface area contributed by atoms with Gasteiger partial charge in [-0.2, -0.15) is 0 Å². The number of rotatable bonds is 8. The van der Waals surface area contributed by atoms with Gasteiger partial charge < -0.3 is 9.32 Å². The van der Waals surface area contributed by atoms with Crippen molar-refractivity contribution in [3.8, 4) is 55.6 Å². The van der Waals surface area contributed by atoms with Gasteiger partial charge in [0.25, 0.3) is 0 Å². The monoisotopic (exact) mass is 765 g/mol. The Hall–Kier alpha value is -7.94. The normalized spacial score (nSPS) is 11.3. The first-order valence-electron chi connectivity index (χ1n) is 20.5. The molecule has 1 aromatic heterocycles. The van der Waals surface area contributed by atoms with Crippen LogP contribution in [0.3, 0.4) is 0 Å². The topological polar surface area (TPSA) is 16.4 Å². The maximum atomic E-state index is 6.41. The lowest BCUT2D eigenvalue weighted by Crippen LogP contribution is -2.09. The first-order chi connectivity index (χ1) is 29.7. The van der Waals surface area contributed by atoms with E-state index in [-0.39, 0.29) is 0 Å². The lowest BCUT2D eigenvalue weighted by atomic mass is 9.97. The Labute approximate surface area is 349 Å². The average molecular weight is 766 g/mol. The third kappa shape index (κ3) is 6.51. The molecule has 10 aromatic carbocycles. The number of fused-ring (bicyclic) bond motifs is 4. The van der Waals surface area contributed by atoms with Crippen LogP contribution in [-0.2, 0) is 0 Å². The Morgan fingerprint density at radius 2 is 0.633 bits per heavy atom. The molecular weight excluding hydrogens is 727 g/mol. The van der Waals surface area contributed by atoms with E-state index in [1.54, 1.807) is 0 Å². The van der Waals surface area contributed by atoms with Gasteiger partial charge in [-0.15, -0.1) is 0 Å². The number of benzene rings is 10. The number of furan rings is 1. The van der Waals surface area contributed by atoms with E-state index in [4.69, 9.17) is 4.42 Å². The molecule has 0 amide bonds. The molecule has 0 aliphatic rings. The van der Waals surface area contributed by atoms with Gasteiger partial charge >= 0.3 is 0 Å². The fourth-order valence-electron chi connectivity index (χ4n) is 8.62. The molecule has 2 heteroatoms. The molecule has 0 saturated heterocycles. The van der Waals surface area contributed by atoms with Crippen LogP contribution in [0.4, 0.5) is 17.1 Å². The first-order valence-corrected chi connectivity index (χ1v) is 20.5. The summed E-state index contributed by atoms with van der Waals surface area (Å²) in [4.78, 5) is 2.34. The number of para-hydroxylation sites is 2. The SMILES string of the molecule is c1ccc(-c2ccc(-c3ccc(-c4ccc(N(c5ccc(-c6cccc7ccccc67)cc5)c5ccc(-c6cccc7c6oc6ccccc67)cc5)cc4)cc3)cc2)cc1. The van der Waals surface area contributed by atoms with E-state index in [0.29, 0.717) is 0 Å². The Kier molecular flexibility index (Phi) is 8.87. The van der Waals surface area contributed by atoms with E-state index in [1.807, 2.05) is 12.1 Å². The highest BCUT2D eigenvalue weighted by molar-refractivity contribution is 6.09. The van der Waals surface area contributed by atoms with Gasteiger partial charge in [-0.1, -0.05) is 194 Å². The van der Waals surface area contributed by atoms with Crippen molar-refractivity contribution in [3.63, 3.8) is 0 Å². The van der Waals surface area contributed by atoms with E-state index >= 15 is 0 Å². The molecule has 0 fully saturated rings. The second-order valence-electron chi connectivity index (χ2n) is 15.3. The molecule has 2 nitrogen and oxygen atoms in total. The summed E-state index contributed by atoms with van der Waals surface area (Å²) >= 11 is 0. The van der Waals surface area contributed by atoms with E-state index in [0.717, 1.165) is 50.1 Å². The molecular formula is C58H39NO. The van der Waals surface area contributed by atoms with Crippen LogP contribution in [-0.4, -0.2) is 0 Å². The third-order valence-electron chi connectivity index (χ3n) is 11.7. The van der Waals surface area contributed by atoms with Gasteiger partial charge in [0.05, 0.1) is 0 Å². The second kappa shape index (κ2) is 15.1. The maximum absolute atomic E-state index is 6.41. The van der Waals surface area contributed by atoms with E-state index in [9.17, 15) is 0 Å². The fourth-order valence-corrected chi connectivity index (χ4v) is 8.62. The van der Waals surface area contributed by atoms with Crippen LogP contribution < -0.4 is 4.90 Å². The zero-order chi connectivity index (χ0) is 39.8. The van der Waals surface area contributed by atoms with Crippen molar-refractivity contribution in [1.29, 1.82) is 0 Å². The largest absolute Gasteiger partial charge is 0.455 e. The summed E-state index contributed by atoms with van der Waals surface area (Å²) in [6.07, 6.45) is 0. The summed E-state index contributed by atoms with van der Waals surface area (Å²) < 4.78 is 6.41. The molecule has 282 valence electrons. The van der Waals surface area contributed by atoms with Gasteiger partial charge in [0.1, 0.15) is 11.2 Å². The van der Waals surface area contributed by atoms with Gasteiger partial charge in [-0.25, -0.2) is 0 Å². The quantitative estimate of drug-likeness (QED) is 0.153. The molecule has 0 N–H and O–H groups in total. The molecule has 0 saturated carbocycles. The van der Waals surface area contributed by atoms with Crippen molar-refractivity contribution in [2.45, 2.75) is 0 Å². The molecule has 0 aliphatic carbocycles. The van der Waals surface area contributed by atoms with Crippen molar-refractivity contribution in [1.82, 2.24) is 0 Å². The molecule has 0 aliphatic heterocycles. The third-order valence-corrected chi connectivity index (χ3v) is 11.7. The Balaban J connectivity index is 0.924. The summed E-state index contributed by atoms with van der Waals surface area (Å²) in [5.74, 6) is 0. The number of hydrogen-bond donors (Lipinski definition) is 0. The molecule has 60 heavy (non-hydrogen) atoms. The minimum atomic E-state index is 0.905. The molecule has 0 atom stereocenters. The summed E-state index contributed by atoms with van der Waals surface area (Å²) in [6.45, 7) is 0. The van der Waals surface area contributed by atoms with Crippen LogP contribution in [0.25, 0.3) is 88.3 Å². The predicted molar refractivity (Wildman–Crippen MR) is 253 cm³/mol. The van der Waals surface area contributed by atoms with Gasteiger partial charge in [0, 0.05) is 33.4 Å². The molecule has 0 bridgehead atoms. The summed E-state index contributed by atoms with van der Waals surface area (Å²) in [5, 5.41) is 4.76. The molecule has 11 rings (SSSR count). The lowest BCUT2D eigenvalue weighted by Gasteiger charge is -2.26. The standard InChI is InChI=1S/C58H39NO/c1-2-10-40(11-3-1)41-20-22-42(23-21-41)43-24-26-44(27-25-43)45-28-34-49(35-29-45)59(50-36-30-47(31-37-50)53-16-8-13-46-12-4-5-14-52(46)53)51-38-32-48(33-39-51)54-17-9-18-56-55-15-6-7-19-57(55)60-58(54)56/h1-39H. The van der Waals surface area contributed by atoms with E-state index < -0.39 is 0 Å². The first kappa shape index (κ1) is 35.2.